The van der Waals surface area contributed by atoms with E-state index < -0.39 is 17.3 Å². The van der Waals surface area contributed by atoms with Crippen molar-refractivity contribution in [3.8, 4) is 11.4 Å². The van der Waals surface area contributed by atoms with Gasteiger partial charge in [0.15, 0.2) is 16.9 Å². The first-order chi connectivity index (χ1) is 14.3. The van der Waals surface area contributed by atoms with Crippen molar-refractivity contribution in [3.63, 3.8) is 0 Å². The first kappa shape index (κ1) is 19.7. The second-order valence-corrected chi connectivity index (χ2v) is 7.26. The number of nitrogens with zero attached hydrogens (tertiary/aromatic N) is 5. The number of ketones is 1. The van der Waals surface area contributed by atoms with Gasteiger partial charge in [-0.2, -0.15) is 4.98 Å². The highest BCUT2D eigenvalue weighted by Gasteiger charge is 2.24. The number of carbonyl (C=O) groups excluding carboxylic acids is 1. The molecular weight excluding hydrogens is 386 g/mol. The van der Waals surface area contributed by atoms with Gasteiger partial charge < -0.3 is 4.74 Å². The second kappa shape index (κ2) is 7.01. The first-order valence-corrected chi connectivity index (χ1v) is 9.72. The number of hydrogen-bond donors (Lipinski definition) is 0. The van der Waals surface area contributed by atoms with E-state index in [-0.39, 0.29) is 16.9 Å². The van der Waals surface area contributed by atoms with Crippen LogP contribution in [-0.2, 0) is 11.8 Å². The van der Waals surface area contributed by atoms with E-state index in [9.17, 15) is 14.4 Å². The Morgan fingerprint density at radius 3 is 2.60 bits per heavy atom. The van der Waals surface area contributed by atoms with E-state index in [4.69, 9.17) is 4.74 Å². The molecule has 9 heteroatoms. The van der Waals surface area contributed by atoms with Gasteiger partial charge in [-0.1, -0.05) is 12.1 Å². The van der Waals surface area contributed by atoms with E-state index in [1.165, 1.54) is 11.5 Å². The minimum atomic E-state index is -0.868. The van der Waals surface area contributed by atoms with E-state index >= 15 is 0 Å². The number of benzene rings is 1. The molecule has 4 rings (SSSR count). The van der Waals surface area contributed by atoms with Crippen LogP contribution in [0.1, 0.15) is 32.5 Å². The van der Waals surface area contributed by atoms with Gasteiger partial charge in [-0.3, -0.25) is 23.1 Å². The van der Waals surface area contributed by atoms with Crippen molar-refractivity contribution in [3.05, 3.63) is 57.0 Å². The van der Waals surface area contributed by atoms with Gasteiger partial charge in [-0.15, -0.1) is 0 Å². The number of carbonyl (C=O) groups is 1. The van der Waals surface area contributed by atoms with E-state index in [0.717, 1.165) is 15.9 Å². The summed E-state index contributed by atoms with van der Waals surface area (Å²) in [5.74, 6) is 0.897. The third-order valence-electron chi connectivity index (χ3n) is 5.36. The number of ether oxygens (including phenoxy) is 1. The number of aryl methyl sites for hydroxylation is 2. The Bertz CT molecular complexity index is 1420. The van der Waals surface area contributed by atoms with Crippen LogP contribution in [0.3, 0.4) is 0 Å². The molecule has 156 valence electrons. The Morgan fingerprint density at radius 1 is 1.23 bits per heavy atom. The Kier molecular flexibility index (Phi) is 4.60. The lowest BCUT2D eigenvalue weighted by Gasteiger charge is -2.12. The normalized spacial score (nSPS) is 12.6. The van der Waals surface area contributed by atoms with E-state index in [1.54, 1.807) is 24.6 Å². The Labute approximate surface area is 171 Å². The van der Waals surface area contributed by atoms with Crippen LogP contribution in [0.25, 0.3) is 22.6 Å². The highest BCUT2D eigenvalue weighted by atomic mass is 16.5. The third-order valence-corrected chi connectivity index (χ3v) is 5.36. The molecule has 0 radical (unpaired) electrons. The summed E-state index contributed by atoms with van der Waals surface area (Å²) in [6.45, 7) is 7.23. The fraction of sp³-hybridized carbons (Fsp3) is 0.333. The number of rotatable bonds is 5. The lowest BCUT2D eigenvalue weighted by molar-refractivity contribution is -0.119. The van der Waals surface area contributed by atoms with Crippen LogP contribution < -0.4 is 16.0 Å². The lowest BCUT2D eigenvalue weighted by Crippen LogP contribution is -2.42. The number of aromatic nitrogens is 5. The van der Waals surface area contributed by atoms with Crippen molar-refractivity contribution in [1.29, 1.82) is 0 Å². The van der Waals surface area contributed by atoms with Gasteiger partial charge in [0, 0.05) is 18.9 Å². The molecule has 30 heavy (non-hydrogen) atoms. The molecule has 1 aromatic carbocycles. The van der Waals surface area contributed by atoms with Crippen LogP contribution in [0, 0.1) is 6.92 Å². The van der Waals surface area contributed by atoms with Crippen molar-refractivity contribution < 1.29 is 9.53 Å². The molecule has 0 aliphatic heterocycles. The molecule has 0 N–H and O–H groups in total. The molecule has 1 atom stereocenters. The van der Waals surface area contributed by atoms with E-state index in [0.29, 0.717) is 18.1 Å². The zero-order chi connectivity index (χ0) is 21.7. The summed E-state index contributed by atoms with van der Waals surface area (Å²) in [6.07, 6.45) is 1.79. The first-order valence-electron chi connectivity index (χ1n) is 9.72. The van der Waals surface area contributed by atoms with Crippen molar-refractivity contribution in [1.82, 2.24) is 23.1 Å². The average molecular weight is 409 g/mol. The third kappa shape index (κ3) is 2.69. The number of imidazole rings is 2. The maximum atomic E-state index is 13.3. The molecule has 3 aromatic heterocycles. The Morgan fingerprint density at radius 2 is 1.93 bits per heavy atom. The minimum Gasteiger partial charge on any atom is -0.492 e. The molecule has 0 aliphatic carbocycles. The zero-order valence-corrected chi connectivity index (χ0v) is 17.5. The number of fused-ring (bicyclic) bond motifs is 3. The van der Waals surface area contributed by atoms with Gasteiger partial charge in [-0.05, 0) is 39.8 Å². The molecule has 0 spiro atoms. The molecule has 0 amide bonds. The van der Waals surface area contributed by atoms with Crippen molar-refractivity contribution >= 4 is 22.7 Å². The Balaban J connectivity index is 2.12. The molecule has 0 aliphatic rings. The van der Waals surface area contributed by atoms with Crippen LogP contribution in [-0.4, -0.2) is 35.5 Å². The standard InChI is InChI=1S/C21H23N5O4/c1-6-30-16-10-8-7-9-15(16)25-12(2)11-24-17-18(22-20(24)25)23(5)21(29)26(19(17)28)13(3)14(4)27/h7-11,13H,6H2,1-5H3/t13-/m1/s1. The predicted octanol–water partition coefficient (Wildman–Crippen LogP) is 2.00. The van der Waals surface area contributed by atoms with Gasteiger partial charge in [0.05, 0.1) is 18.3 Å². The van der Waals surface area contributed by atoms with Crippen LogP contribution in [0.2, 0.25) is 0 Å². The van der Waals surface area contributed by atoms with Crippen LogP contribution in [0.15, 0.2) is 40.1 Å². The maximum Gasteiger partial charge on any atom is 0.333 e. The van der Waals surface area contributed by atoms with Crippen LogP contribution in [0.5, 0.6) is 5.75 Å². The van der Waals surface area contributed by atoms with Gasteiger partial charge in [0.25, 0.3) is 5.56 Å². The van der Waals surface area contributed by atoms with Crippen molar-refractivity contribution in [2.24, 2.45) is 7.05 Å². The van der Waals surface area contributed by atoms with Gasteiger partial charge in [0.2, 0.25) is 5.78 Å². The number of hydrogen-bond acceptors (Lipinski definition) is 5. The SMILES string of the molecule is CCOc1ccccc1-n1c(C)cn2c3c(=O)n([C@H](C)C(C)=O)c(=O)n(C)c3nc12. The maximum absolute atomic E-state index is 13.3. The molecule has 4 aromatic rings. The van der Waals surface area contributed by atoms with Gasteiger partial charge in [0.1, 0.15) is 5.75 Å². The molecule has 0 fully saturated rings. The van der Waals surface area contributed by atoms with Crippen molar-refractivity contribution in [2.45, 2.75) is 33.7 Å². The highest BCUT2D eigenvalue weighted by molar-refractivity contribution is 5.81. The molecular formula is C21H23N5O4. The van der Waals surface area contributed by atoms with Crippen LogP contribution in [0.4, 0.5) is 0 Å². The quantitative estimate of drug-likeness (QED) is 0.503. The summed E-state index contributed by atoms with van der Waals surface area (Å²) in [7, 11) is 1.55. The summed E-state index contributed by atoms with van der Waals surface area (Å²) < 4.78 is 11.6. The van der Waals surface area contributed by atoms with E-state index in [1.807, 2.05) is 42.7 Å². The lowest BCUT2D eigenvalue weighted by atomic mass is 10.2. The largest absolute Gasteiger partial charge is 0.492 e. The number of para-hydroxylation sites is 2. The molecule has 9 nitrogen and oxygen atoms in total. The van der Waals surface area contributed by atoms with Crippen LogP contribution >= 0.6 is 0 Å². The van der Waals surface area contributed by atoms with Gasteiger partial charge >= 0.3 is 5.69 Å². The average Bonchev–Trinajstić information content (AvgIpc) is 3.21. The number of Topliss-reactive ketones (excluding diaryl/α,β-unsaturated/α-hetero) is 1. The van der Waals surface area contributed by atoms with Gasteiger partial charge in [-0.25, -0.2) is 9.36 Å². The zero-order valence-electron chi connectivity index (χ0n) is 17.5. The molecule has 0 unspecified atom stereocenters. The Hall–Kier alpha value is -3.62. The summed E-state index contributed by atoms with van der Waals surface area (Å²) in [6, 6.07) is 6.69. The second-order valence-electron chi connectivity index (χ2n) is 7.26. The fourth-order valence-corrected chi connectivity index (χ4v) is 3.72. The summed E-state index contributed by atoms with van der Waals surface area (Å²) >= 11 is 0. The van der Waals surface area contributed by atoms with Crippen molar-refractivity contribution in [2.75, 3.05) is 6.61 Å². The fourth-order valence-electron chi connectivity index (χ4n) is 3.72. The molecule has 0 saturated heterocycles. The monoisotopic (exact) mass is 409 g/mol. The highest BCUT2D eigenvalue weighted by Crippen LogP contribution is 2.28. The summed E-state index contributed by atoms with van der Waals surface area (Å²) in [5.41, 5.74) is 1.01. The minimum absolute atomic E-state index is 0.246. The predicted molar refractivity (Wildman–Crippen MR) is 113 cm³/mol. The molecule has 3 heterocycles. The smallest absolute Gasteiger partial charge is 0.333 e. The van der Waals surface area contributed by atoms with E-state index in [2.05, 4.69) is 4.98 Å². The molecule has 0 bridgehead atoms. The topological polar surface area (TPSA) is 92.5 Å². The summed E-state index contributed by atoms with van der Waals surface area (Å²) in [5, 5.41) is 0. The molecule has 0 saturated carbocycles. The summed E-state index contributed by atoms with van der Waals surface area (Å²) in [4.78, 5) is 42.6.